The van der Waals surface area contributed by atoms with Gasteiger partial charge in [-0.05, 0) is 31.2 Å². The second-order valence-electron chi connectivity index (χ2n) is 6.61. The van der Waals surface area contributed by atoms with Crippen LogP contribution in [0, 0.1) is 10.9 Å². The third-order valence-corrected chi connectivity index (χ3v) is 6.34. The van der Waals surface area contributed by atoms with Crippen LogP contribution < -0.4 is 4.90 Å². The first-order valence-electron chi connectivity index (χ1n) is 9.05. The summed E-state index contributed by atoms with van der Waals surface area (Å²) in [5, 5.41) is 0. The Morgan fingerprint density at radius 3 is 2.50 bits per heavy atom. The largest absolute Gasteiger partial charge is 0.353 e. The number of rotatable bonds is 4. The molecule has 2 aromatic heterocycles. The van der Waals surface area contributed by atoms with Gasteiger partial charge in [0.2, 0.25) is 0 Å². The number of anilines is 1. The maximum Gasteiger partial charge on any atom is 0.163 e. The van der Waals surface area contributed by atoms with Gasteiger partial charge in [-0.1, -0.05) is 48.6 Å². The lowest BCUT2D eigenvalue weighted by Crippen LogP contribution is -2.46. The van der Waals surface area contributed by atoms with Crippen molar-refractivity contribution in [1.29, 1.82) is 0 Å². The van der Waals surface area contributed by atoms with Crippen LogP contribution in [0.1, 0.15) is 18.3 Å². The van der Waals surface area contributed by atoms with E-state index in [-0.39, 0.29) is 0 Å². The first kappa shape index (κ1) is 17.6. The van der Waals surface area contributed by atoms with E-state index >= 15 is 0 Å². The predicted molar refractivity (Wildman–Crippen MR) is 111 cm³/mol. The standard InChI is InChI=1S/C19H23N5S2/c1-3-22-9-11-23(12-10-22)17-16-18(21-14(2)20-17)24(19(25)26-16)13-15-7-5-4-6-8-15/h4-8H,3,9-13H2,1-2H3. The van der Waals surface area contributed by atoms with E-state index in [1.54, 1.807) is 11.3 Å². The molecule has 0 amide bonds. The number of likely N-dealkylation sites (N-methyl/N-ethyl adjacent to an activating group) is 1. The topological polar surface area (TPSA) is 37.2 Å². The molecule has 1 aliphatic rings. The van der Waals surface area contributed by atoms with E-state index in [9.17, 15) is 0 Å². The van der Waals surface area contributed by atoms with E-state index in [4.69, 9.17) is 22.2 Å². The zero-order valence-electron chi connectivity index (χ0n) is 15.2. The predicted octanol–water partition coefficient (Wildman–Crippen LogP) is 3.72. The highest BCUT2D eigenvalue weighted by atomic mass is 32.1. The lowest BCUT2D eigenvalue weighted by Gasteiger charge is -2.34. The van der Waals surface area contributed by atoms with Crippen LogP contribution >= 0.6 is 23.6 Å². The molecule has 26 heavy (non-hydrogen) atoms. The maximum atomic E-state index is 5.68. The van der Waals surface area contributed by atoms with Crippen LogP contribution in [0.2, 0.25) is 0 Å². The van der Waals surface area contributed by atoms with Crippen LogP contribution in [-0.4, -0.2) is 52.2 Å². The fraction of sp³-hybridized carbons (Fsp3) is 0.421. The Kier molecular flexibility index (Phi) is 5.02. The summed E-state index contributed by atoms with van der Waals surface area (Å²) < 4.78 is 4.11. The van der Waals surface area contributed by atoms with E-state index in [0.29, 0.717) is 0 Å². The molecule has 1 aromatic carbocycles. The summed E-state index contributed by atoms with van der Waals surface area (Å²) in [6, 6.07) is 10.4. The summed E-state index contributed by atoms with van der Waals surface area (Å²) in [4.78, 5) is 14.4. The Labute approximate surface area is 162 Å². The van der Waals surface area contributed by atoms with Crippen molar-refractivity contribution in [3.8, 4) is 0 Å². The van der Waals surface area contributed by atoms with Crippen molar-refractivity contribution in [3.63, 3.8) is 0 Å². The molecule has 136 valence electrons. The van der Waals surface area contributed by atoms with Gasteiger partial charge in [0, 0.05) is 26.2 Å². The van der Waals surface area contributed by atoms with Gasteiger partial charge >= 0.3 is 0 Å². The van der Waals surface area contributed by atoms with Crippen LogP contribution in [0.4, 0.5) is 5.82 Å². The van der Waals surface area contributed by atoms with Crippen molar-refractivity contribution in [3.05, 3.63) is 45.7 Å². The average molecular weight is 386 g/mol. The lowest BCUT2D eigenvalue weighted by molar-refractivity contribution is 0.271. The van der Waals surface area contributed by atoms with Crippen LogP contribution in [-0.2, 0) is 6.54 Å². The molecule has 0 saturated carbocycles. The third-order valence-electron chi connectivity index (χ3n) is 4.91. The maximum absolute atomic E-state index is 5.68. The summed E-state index contributed by atoms with van der Waals surface area (Å²) in [6.07, 6.45) is 0. The molecule has 0 atom stereocenters. The van der Waals surface area contributed by atoms with E-state index in [1.165, 1.54) is 5.56 Å². The van der Waals surface area contributed by atoms with Gasteiger partial charge in [0.15, 0.2) is 15.4 Å². The molecule has 0 bridgehead atoms. The molecule has 1 aliphatic heterocycles. The van der Waals surface area contributed by atoms with Gasteiger partial charge in [-0.15, -0.1) is 0 Å². The number of aryl methyl sites for hydroxylation is 1. The number of benzene rings is 1. The van der Waals surface area contributed by atoms with Crippen LogP contribution in [0.25, 0.3) is 10.3 Å². The highest BCUT2D eigenvalue weighted by molar-refractivity contribution is 7.73. The molecule has 3 heterocycles. The number of aromatic nitrogens is 3. The molecular weight excluding hydrogens is 362 g/mol. The lowest BCUT2D eigenvalue weighted by atomic mass is 10.2. The Hall–Kier alpha value is -1.83. The van der Waals surface area contributed by atoms with Gasteiger partial charge in [-0.3, -0.25) is 0 Å². The van der Waals surface area contributed by atoms with E-state index < -0.39 is 0 Å². The smallest absolute Gasteiger partial charge is 0.163 e. The van der Waals surface area contributed by atoms with Gasteiger partial charge in [0.1, 0.15) is 10.5 Å². The number of nitrogens with zero attached hydrogens (tertiary/aromatic N) is 5. The fourth-order valence-electron chi connectivity index (χ4n) is 3.43. The van der Waals surface area contributed by atoms with Crippen molar-refractivity contribution in [2.24, 2.45) is 0 Å². The highest BCUT2D eigenvalue weighted by Gasteiger charge is 2.22. The highest BCUT2D eigenvalue weighted by Crippen LogP contribution is 2.31. The van der Waals surface area contributed by atoms with Gasteiger partial charge in [0.05, 0.1) is 6.54 Å². The number of piperazine rings is 1. The minimum absolute atomic E-state index is 0.749. The molecule has 5 nitrogen and oxygen atoms in total. The van der Waals surface area contributed by atoms with Crippen molar-refractivity contribution in [1.82, 2.24) is 19.4 Å². The van der Waals surface area contributed by atoms with Gasteiger partial charge in [0.25, 0.3) is 0 Å². The Morgan fingerprint density at radius 1 is 1.08 bits per heavy atom. The van der Waals surface area contributed by atoms with Gasteiger partial charge in [-0.2, -0.15) is 0 Å². The molecule has 0 radical (unpaired) electrons. The summed E-state index contributed by atoms with van der Waals surface area (Å²) in [5.74, 6) is 1.85. The third kappa shape index (κ3) is 3.39. The molecule has 1 saturated heterocycles. The average Bonchev–Trinajstić information content (AvgIpc) is 2.97. The normalized spacial score (nSPS) is 15.7. The Morgan fingerprint density at radius 2 is 1.81 bits per heavy atom. The first-order chi connectivity index (χ1) is 12.7. The quantitative estimate of drug-likeness (QED) is 0.640. The Balaban J connectivity index is 1.74. The second kappa shape index (κ2) is 7.42. The molecular formula is C19H23N5S2. The van der Waals surface area contributed by atoms with Crippen molar-refractivity contribution in [2.45, 2.75) is 20.4 Å². The Bertz CT molecular complexity index is 955. The SMILES string of the molecule is CCN1CCN(c2nc(C)nc3c2sc(=S)n3Cc2ccccc2)CC1. The first-order valence-corrected chi connectivity index (χ1v) is 10.3. The molecule has 0 N–H and O–H groups in total. The summed E-state index contributed by atoms with van der Waals surface area (Å²) in [5.41, 5.74) is 2.20. The van der Waals surface area contributed by atoms with E-state index in [2.05, 4.69) is 45.6 Å². The molecule has 0 spiro atoms. The summed E-state index contributed by atoms with van der Waals surface area (Å²) >= 11 is 7.31. The molecule has 3 aromatic rings. The molecule has 0 aliphatic carbocycles. The molecule has 4 rings (SSSR count). The van der Waals surface area contributed by atoms with E-state index in [1.807, 2.05) is 13.0 Å². The van der Waals surface area contributed by atoms with Crippen LogP contribution in [0.3, 0.4) is 0 Å². The minimum Gasteiger partial charge on any atom is -0.353 e. The van der Waals surface area contributed by atoms with Crippen LogP contribution in [0.5, 0.6) is 0 Å². The summed E-state index contributed by atoms with van der Waals surface area (Å²) in [6.45, 7) is 10.2. The van der Waals surface area contributed by atoms with Crippen molar-refractivity contribution >= 4 is 39.7 Å². The zero-order chi connectivity index (χ0) is 18.1. The molecule has 7 heteroatoms. The monoisotopic (exact) mass is 385 g/mol. The number of thiazole rings is 1. The number of fused-ring (bicyclic) bond motifs is 1. The second-order valence-corrected chi connectivity index (χ2v) is 8.25. The van der Waals surface area contributed by atoms with Crippen molar-refractivity contribution in [2.75, 3.05) is 37.6 Å². The zero-order valence-corrected chi connectivity index (χ0v) is 16.8. The van der Waals surface area contributed by atoms with Gasteiger partial charge in [-0.25, -0.2) is 9.97 Å². The molecule has 1 fully saturated rings. The van der Waals surface area contributed by atoms with Crippen LogP contribution in [0.15, 0.2) is 30.3 Å². The van der Waals surface area contributed by atoms with Crippen molar-refractivity contribution < 1.29 is 0 Å². The van der Waals surface area contributed by atoms with Gasteiger partial charge < -0.3 is 14.4 Å². The minimum atomic E-state index is 0.749. The molecule has 0 unspecified atom stereocenters. The van der Waals surface area contributed by atoms with E-state index in [0.717, 1.165) is 65.2 Å². The fourth-order valence-corrected chi connectivity index (χ4v) is 4.78. The number of hydrogen-bond acceptors (Lipinski definition) is 6. The number of hydrogen-bond donors (Lipinski definition) is 0. The summed E-state index contributed by atoms with van der Waals surface area (Å²) in [7, 11) is 0.